The second-order valence-corrected chi connectivity index (χ2v) is 6.14. The van der Waals surface area contributed by atoms with Gasteiger partial charge in [0.15, 0.2) is 11.5 Å². The lowest BCUT2D eigenvalue weighted by Crippen LogP contribution is -2.22. The molecule has 3 aliphatic rings. The fourth-order valence-electron chi connectivity index (χ4n) is 3.86. The van der Waals surface area contributed by atoms with E-state index < -0.39 is 0 Å². The third kappa shape index (κ3) is 1.77. The number of aromatic nitrogens is 2. The minimum atomic E-state index is 0.309. The van der Waals surface area contributed by atoms with Crippen LogP contribution >= 0.6 is 0 Å². The van der Waals surface area contributed by atoms with Crippen LogP contribution in [0.2, 0.25) is 0 Å². The molecule has 0 radical (unpaired) electrons. The summed E-state index contributed by atoms with van der Waals surface area (Å²) in [6.45, 7) is 0.309. The van der Waals surface area contributed by atoms with Gasteiger partial charge in [-0.2, -0.15) is 0 Å². The van der Waals surface area contributed by atoms with Gasteiger partial charge in [0.25, 0.3) is 0 Å². The molecule has 5 rings (SSSR count). The highest BCUT2D eigenvalue weighted by Crippen LogP contribution is 2.40. The summed E-state index contributed by atoms with van der Waals surface area (Å²) in [6, 6.07) is 7.31. The summed E-state index contributed by atoms with van der Waals surface area (Å²) in [6.07, 6.45) is 5.73. The van der Waals surface area contributed by atoms with Gasteiger partial charge in [-0.25, -0.2) is 4.98 Å². The van der Waals surface area contributed by atoms with E-state index in [0.29, 0.717) is 24.8 Å². The van der Waals surface area contributed by atoms with Gasteiger partial charge >= 0.3 is 0 Å². The Bertz CT molecular complexity index is 697. The van der Waals surface area contributed by atoms with Gasteiger partial charge in [0, 0.05) is 23.6 Å². The highest BCUT2D eigenvalue weighted by atomic mass is 16.7. The number of benzene rings is 1. The Morgan fingerprint density at radius 1 is 1.14 bits per heavy atom. The molecule has 1 aromatic carbocycles. The van der Waals surface area contributed by atoms with Crippen molar-refractivity contribution in [2.75, 3.05) is 6.79 Å². The van der Waals surface area contributed by atoms with Crippen LogP contribution in [-0.2, 0) is 0 Å². The maximum absolute atomic E-state index is 5.44. The molecule has 0 saturated carbocycles. The molecule has 108 valence electrons. The number of hydrogen-bond acceptors (Lipinski definition) is 4. The fraction of sp³-hybridized carbons (Fsp3) is 0.438. The first-order chi connectivity index (χ1) is 10.4. The molecule has 3 atom stereocenters. The number of aromatic amines is 1. The van der Waals surface area contributed by atoms with Crippen LogP contribution in [0.4, 0.5) is 0 Å². The second-order valence-electron chi connectivity index (χ2n) is 6.14. The average Bonchev–Trinajstić information content (AvgIpc) is 3.27. The lowest BCUT2D eigenvalue weighted by molar-refractivity contribution is 0.174. The fourth-order valence-corrected chi connectivity index (χ4v) is 3.86. The predicted octanol–water partition coefficient (Wildman–Crippen LogP) is 2.41. The van der Waals surface area contributed by atoms with E-state index in [-0.39, 0.29) is 0 Å². The van der Waals surface area contributed by atoms with Crippen LogP contribution in [0, 0.1) is 0 Å². The zero-order valence-electron chi connectivity index (χ0n) is 11.6. The van der Waals surface area contributed by atoms with E-state index in [9.17, 15) is 0 Å². The first-order valence-corrected chi connectivity index (χ1v) is 7.58. The Hall–Kier alpha value is -2.01. The molecule has 2 saturated heterocycles. The van der Waals surface area contributed by atoms with Crippen molar-refractivity contribution in [1.82, 2.24) is 15.3 Å². The summed E-state index contributed by atoms with van der Waals surface area (Å²) >= 11 is 0. The Balaban J connectivity index is 1.45. The first kappa shape index (κ1) is 11.6. The zero-order valence-corrected chi connectivity index (χ0v) is 11.6. The molecular formula is C16H17N3O2. The highest BCUT2D eigenvalue weighted by molar-refractivity contribution is 5.64. The first-order valence-electron chi connectivity index (χ1n) is 7.58. The SMILES string of the molecule is c1cc2c(cc1-c1cnc(C3CC4CCC3N4)[nH]1)OCO2. The molecule has 3 aliphatic heterocycles. The Morgan fingerprint density at radius 2 is 2.10 bits per heavy atom. The lowest BCUT2D eigenvalue weighted by atomic mass is 9.89. The number of imidazole rings is 1. The Kier molecular flexibility index (Phi) is 2.35. The maximum atomic E-state index is 5.44. The number of nitrogens with one attached hydrogen (secondary N) is 2. The molecule has 2 aromatic rings. The predicted molar refractivity (Wildman–Crippen MR) is 77.5 cm³/mol. The number of rotatable bonds is 2. The number of ether oxygens (including phenoxy) is 2. The summed E-state index contributed by atoms with van der Waals surface area (Å²) in [5.74, 6) is 3.27. The quantitative estimate of drug-likeness (QED) is 0.888. The van der Waals surface area contributed by atoms with Crippen LogP contribution in [-0.4, -0.2) is 28.8 Å². The van der Waals surface area contributed by atoms with Crippen molar-refractivity contribution in [3.63, 3.8) is 0 Å². The lowest BCUT2D eigenvalue weighted by Gasteiger charge is -2.17. The zero-order chi connectivity index (χ0) is 13.8. The second kappa shape index (κ2) is 4.24. The summed E-state index contributed by atoms with van der Waals surface area (Å²) in [5, 5.41) is 3.66. The van der Waals surface area contributed by atoms with Crippen LogP contribution < -0.4 is 14.8 Å². The number of fused-ring (bicyclic) bond motifs is 3. The van der Waals surface area contributed by atoms with Gasteiger partial charge in [0.1, 0.15) is 5.82 Å². The number of hydrogen-bond donors (Lipinski definition) is 2. The minimum Gasteiger partial charge on any atom is -0.454 e. The van der Waals surface area contributed by atoms with E-state index in [0.717, 1.165) is 28.6 Å². The molecule has 21 heavy (non-hydrogen) atoms. The van der Waals surface area contributed by atoms with Gasteiger partial charge in [-0.05, 0) is 37.5 Å². The maximum Gasteiger partial charge on any atom is 0.231 e. The van der Waals surface area contributed by atoms with Gasteiger partial charge in [0.05, 0.1) is 11.9 Å². The van der Waals surface area contributed by atoms with Gasteiger partial charge < -0.3 is 19.8 Å². The monoisotopic (exact) mass is 283 g/mol. The third-order valence-electron chi connectivity index (χ3n) is 4.93. The molecule has 2 bridgehead atoms. The van der Waals surface area contributed by atoms with E-state index in [1.165, 1.54) is 19.3 Å². The van der Waals surface area contributed by atoms with Gasteiger partial charge in [-0.15, -0.1) is 0 Å². The van der Waals surface area contributed by atoms with Crippen molar-refractivity contribution >= 4 is 0 Å². The standard InChI is InChI=1S/C16H17N3O2/c1-4-14-15(21-8-20-14)5-9(1)13-7-17-16(19-13)11-6-10-2-3-12(11)18-10/h1,4-5,7,10-12,18H,2-3,6,8H2,(H,17,19). The number of nitrogens with zero attached hydrogens (tertiary/aromatic N) is 1. The van der Waals surface area contributed by atoms with E-state index in [1.807, 2.05) is 24.4 Å². The summed E-state index contributed by atoms with van der Waals surface area (Å²) in [4.78, 5) is 8.12. The molecule has 0 aliphatic carbocycles. The topological polar surface area (TPSA) is 59.2 Å². The van der Waals surface area contributed by atoms with Crippen molar-refractivity contribution in [2.45, 2.75) is 37.3 Å². The van der Waals surface area contributed by atoms with E-state index in [1.54, 1.807) is 0 Å². The van der Waals surface area contributed by atoms with E-state index in [4.69, 9.17) is 9.47 Å². The minimum absolute atomic E-state index is 0.309. The number of H-pyrrole nitrogens is 1. The molecule has 5 nitrogen and oxygen atoms in total. The van der Waals surface area contributed by atoms with Crippen LogP contribution in [0.3, 0.4) is 0 Å². The average molecular weight is 283 g/mol. The third-order valence-corrected chi connectivity index (χ3v) is 4.93. The van der Waals surface area contributed by atoms with E-state index in [2.05, 4.69) is 15.3 Å². The molecule has 2 N–H and O–H groups in total. The molecule has 4 heterocycles. The Labute approximate surface area is 122 Å². The van der Waals surface area contributed by atoms with Gasteiger partial charge in [-0.1, -0.05) is 0 Å². The van der Waals surface area contributed by atoms with Crippen molar-refractivity contribution in [1.29, 1.82) is 0 Å². The normalized spacial score (nSPS) is 29.2. The van der Waals surface area contributed by atoms with Crippen molar-refractivity contribution in [3.8, 4) is 22.8 Å². The molecule has 2 fully saturated rings. The van der Waals surface area contributed by atoms with Crippen LogP contribution in [0.1, 0.15) is 31.0 Å². The van der Waals surface area contributed by atoms with Gasteiger partial charge in [-0.3, -0.25) is 0 Å². The summed E-state index contributed by atoms with van der Waals surface area (Å²) < 4.78 is 10.8. The molecule has 0 amide bonds. The van der Waals surface area contributed by atoms with Crippen LogP contribution in [0.25, 0.3) is 11.3 Å². The van der Waals surface area contributed by atoms with E-state index >= 15 is 0 Å². The Morgan fingerprint density at radius 3 is 2.95 bits per heavy atom. The van der Waals surface area contributed by atoms with Crippen molar-refractivity contribution in [3.05, 3.63) is 30.2 Å². The van der Waals surface area contributed by atoms with Crippen molar-refractivity contribution < 1.29 is 9.47 Å². The summed E-state index contributed by atoms with van der Waals surface area (Å²) in [5.41, 5.74) is 2.14. The smallest absolute Gasteiger partial charge is 0.231 e. The highest BCUT2D eigenvalue weighted by Gasteiger charge is 2.41. The van der Waals surface area contributed by atoms with Crippen LogP contribution in [0.15, 0.2) is 24.4 Å². The molecule has 5 heteroatoms. The van der Waals surface area contributed by atoms with Gasteiger partial charge in [0.2, 0.25) is 6.79 Å². The molecule has 1 aromatic heterocycles. The molecule has 0 spiro atoms. The largest absolute Gasteiger partial charge is 0.454 e. The molecular weight excluding hydrogens is 266 g/mol. The summed E-state index contributed by atoms with van der Waals surface area (Å²) in [7, 11) is 0. The molecule has 3 unspecified atom stereocenters. The van der Waals surface area contributed by atoms with Crippen molar-refractivity contribution in [2.24, 2.45) is 0 Å². The van der Waals surface area contributed by atoms with Crippen LogP contribution in [0.5, 0.6) is 11.5 Å².